The first-order valence-electron chi connectivity index (χ1n) is 7.94. The van der Waals surface area contributed by atoms with E-state index < -0.39 is 0 Å². The third-order valence-corrected chi connectivity index (χ3v) is 5.41. The van der Waals surface area contributed by atoms with E-state index in [1.807, 2.05) is 29.3 Å². The van der Waals surface area contributed by atoms with Crippen LogP contribution < -0.4 is 10.2 Å². The van der Waals surface area contributed by atoms with Gasteiger partial charge in [-0.15, -0.1) is 22.6 Å². The number of halogens is 2. The van der Waals surface area contributed by atoms with E-state index in [2.05, 4.69) is 25.7 Å². The van der Waals surface area contributed by atoms with Crippen LogP contribution in [0.4, 0.5) is 5.13 Å². The zero-order valence-corrected chi connectivity index (χ0v) is 16.4. The Morgan fingerprint density at radius 1 is 1.33 bits per heavy atom. The maximum atomic E-state index is 10.5. The molecule has 27 heavy (non-hydrogen) atoms. The number of nitrogens with one attached hydrogen (secondary N) is 2. The highest BCUT2D eigenvalue weighted by molar-refractivity contribution is 7.18. The SMILES string of the molecule is Cl.O=CO[C@@H]1CN(c2nnc(-c3ccc(-c4cn[nH]c4)cc3Cl)s2)CCN1. The normalized spacial score (nSPS) is 16.6. The number of hydrogen-bond acceptors (Lipinski definition) is 8. The van der Waals surface area contributed by atoms with Crippen LogP contribution in [-0.2, 0) is 9.53 Å². The van der Waals surface area contributed by atoms with E-state index in [-0.39, 0.29) is 18.6 Å². The Labute approximate surface area is 170 Å². The van der Waals surface area contributed by atoms with Crippen LogP contribution in [0.2, 0.25) is 5.02 Å². The van der Waals surface area contributed by atoms with Gasteiger partial charge in [-0.25, -0.2) is 0 Å². The third kappa shape index (κ3) is 4.22. The molecule has 0 unspecified atom stereocenters. The Bertz CT molecular complexity index is 904. The van der Waals surface area contributed by atoms with Crippen LogP contribution in [-0.4, -0.2) is 52.7 Å². The smallest absolute Gasteiger partial charge is 0.294 e. The minimum atomic E-state index is -0.341. The molecule has 3 aromatic rings. The molecule has 0 bridgehead atoms. The fourth-order valence-corrected chi connectivity index (χ4v) is 4.02. The number of hydrogen-bond donors (Lipinski definition) is 2. The second-order valence-corrected chi connectivity index (χ2v) is 7.06. The Morgan fingerprint density at radius 3 is 2.96 bits per heavy atom. The predicted octanol–water partition coefficient (Wildman–Crippen LogP) is 2.58. The van der Waals surface area contributed by atoms with Crippen LogP contribution in [0.15, 0.2) is 30.6 Å². The minimum Gasteiger partial charge on any atom is -0.447 e. The van der Waals surface area contributed by atoms with Crippen LogP contribution in [0.25, 0.3) is 21.7 Å². The largest absolute Gasteiger partial charge is 0.447 e. The van der Waals surface area contributed by atoms with Crippen molar-refractivity contribution < 1.29 is 9.53 Å². The van der Waals surface area contributed by atoms with Gasteiger partial charge in [0.2, 0.25) is 5.13 Å². The summed E-state index contributed by atoms with van der Waals surface area (Å²) in [6, 6.07) is 5.80. The van der Waals surface area contributed by atoms with Crippen molar-refractivity contribution in [2.45, 2.75) is 6.23 Å². The number of ether oxygens (including phenoxy) is 1. The van der Waals surface area contributed by atoms with Gasteiger partial charge in [0.15, 0.2) is 11.2 Å². The minimum absolute atomic E-state index is 0. The number of carbonyl (C=O) groups is 1. The van der Waals surface area contributed by atoms with Gasteiger partial charge in [-0.2, -0.15) is 5.10 Å². The first-order valence-corrected chi connectivity index (χ1v) is 9.14. The predicted molar refractivity (Wildman–Crippen MR) is 106 cm³/mol. The van der Waals surface area contributed by atoms with Crippen molar-refractivity contribution in [2.75, 3.05) is 24.5 Å². The van der Waals surface area contributed by atoms with Crippen LogP contribution in [0.5, 0.6) is 0 Å². The maximum Gasteiger partial charge on any atom is 0.294 e. The Balaban J connectivity index is 0.00000210. The number of nitrogens with zero attached hydrogens (tertiary/aromatic N) is 4. The van der Waals surface area contributed by atoms with E-state index in [1.54, 1.807) is 6.20 Å². The molecule has 2 aromatic heterocycles. The molecule has 2 N–H and O–H groups in total. The fourth-order valence-electron chi connectivity index (χ4n) is 2.78. The Kier molecular flexibility index (Phi) is 6.27. The van der Waals surface area contributed by atoms with Gasteiger partial charge < -0.3 is 9.64 Å². The van der Waals surface area contributed by atoms with Crippen molar-refractivity contribution in [1.82, 2.24) is 25.7 Å². The lowest BCUT2D eigenvalue weighted by Gasteiger charge is -2.31. The van der Waals surface area contributed by atoms with Crippen molar-refractivity contribution in [2.24, 2.45) is 0 Å². The molecule has 8 nitrogen and oxygen atoms in total. The van der Waals surface area contributed by atoms with Gasteiger partial charge in [-0.05, 0) is 17.7 Å². The molecule has 142 valence electrons. The summed E-state index contributed by atoms with van der Waals surface area (Å²) in [6.07, 6.45) is 3.22. The molecule has 1 aromatic carbocycles. The van der Waals surface area contributed by atoms with E-state index in [1.165, 1.54) is 11.3 Å². The average Bonchev–Trinajstić information content (AvgIpc) is 3.34. The van der Waals surface area contributed by atoms with Crippen LogP contribution >= 0.6 is 35.3 Å². The van der Waals surface area contributed by atoms with Crippen LogP contribution in [0.3, 0.4) is 0 Å². The molecule has 1 aliphatic rings. The van der Waals surface area contributed by atoms with Gasteiger partial charge in [0.05, 0.1) is 17.8 Å². The van der Waals surface area contributed by atoms with Crippen molar-refractivity contribution in [3.8, 4) is 21.7 Å². The molecular formula is C16H16Cl2N6O2S. The van der Waals surface area contributed by atoms with E-state index in [4.69, 9.17) is 16.3 Å². The number of anilines is 1. The Hall–Kier alpha value is -2.20. The van der Waals surface area contributed by atoms with Crippen molar-refractivity contribution >= 4 is 46.9 Å². The van der Waals surface area contributed by atoms with E-state index in [0.29, 0.717) is 24.6 Å². The second kappa shape index (κ2) is 8.66. The number of carbonyl (C=O) groups excluding carboxylic acids is 1. The molecular weight excluding hydrogens is 411 g/mol. The summed E-state index contributed by atoms with van der Waals surface area (Å²) in [5, 5.41) is 20.5. The maximum absolute atomic E-state index is 10.5. The van der Waals surface area contributed by atoms with Gasteiger partial charge in [-0.3, -0.25) is 15.2 Å². The quantitative estimate of drug-likeness (QED) is 0.605. The monoisotopic (exact) mass is 426 g/mol. The lowest BCUT2D eigenvalue weighted by Crippen LogP contribution is -2.51. The molecule has 0 radical (unpaired) electrons. The molecule has 1 fully saturated rings. The van der Waals surface area contributed by atoms with Gasteiger partial charge in [0.25, 0.3) is 6.47 Å². The van der Waals surface area contributed by atoms with Crippen molar-refractivity contribution in [3.63, 3.8) is 0 Å². The molecule has 3 heterocycles. The van der Waals surface area contributed by atoms with E-state index in [0.717, 1.165) is 33.4 Å². The van der Waals surface area contributed by atoms with Gasteiger partial charge in [0.1, 0.15) is 0 Å². The number of aromatic amines is 1. The summed E-state index contributed by atoms with van der Waals surface area (Å²) in [5.41, 5.74) is 2.78. The topological polar surface area (TPSA) is 96.0 Å². The molecule has 1 saturated heterocycles. The lowest BCUT2D eigenvalue weighted by molar-refractivity contribution is -0.134. The highest BCUT2D eigenvalue weighted by atomic mass is 35.5. The molecule has 0 amide bonds. The zero-order chi connectivity index (χ0) is 17.9. The zero-order valence-electron chi connectivity index (χ0n) is 14.0. The number of rotatable bonds is 5. The molecule has 0 spiro atoms. The summed E-state index contributed by atoms with van der Waals surface area (Å²) in [5.74, 6) is 0. The van der Waals surface area contributed by atoms with Gasteiger partial charge >= 0.3 is 0 Å². The highest BCUT2D eigenvalue weighted by Gasteiger charge is 2.23. The Morgan fingerprint density at radius 2 is 2.22 bits per heavy atom. The van der Waals surface area contributed by atoms with Crippen LogP contribution in [0.1, 0.15) is 0 Å². The van der Waals surface area contributed by atoms with E-state index in [9.17, 15) is 4.79 Å². The lowest BCUT2D eigenvalue weighted by atomic mass is 10.1. The number of aromatic nitrogens is 4. The molecule has 11 heteroatoms. The number of H-pyrrole nitrogens is 1. The van der Waals surface area contributed by atoms with Crippen molar-refractivity contribution in [1.29, 1.82) is 0 Å². The molecule has 0 saturated carbocycles. The standard InChI is InChI=1S/C16H15ClN6O2S.ClH/c17-13-5-10(11-6-19-20-7-11)1-2-12(13)15-21-22-16(26-15)23-4-3-18-14(8-23)25-9-24;/h1-2,5-7,9,14,18H,3-4,8H2,(H,19,20);1H/t14-;/m1./s1. The average molecular weight is 427 g/mol. The summed E-state index contributed by atoms with van der Waals surface area (Å²) >= 11 is 7.93. The first-order chi connectivity index (χ1) is 12.7. The summed E-state index contributed by atoms with van der Waals surface area (Å²) in [7, 11) is 0. The number of piperazine rings is 1. The van der Waals surface area contributed by atoms with Crippen LogP contribution in [0, 0.1) is 0 Å². The molecule has 4 rings (SSSR count). The van der Waals surface area contributed by atoms with Crippen molar-refractivity contribution in [3.05, 3.63) is 35.6 Å². The van der Waals surface area contributed by atoms with Gasteiger partial charge in [0, 0.05) is 30.4 Å². The van der Waals surface area contributed by atoms with E-state index >= 15 is 0 Å². The molecule has 1 aliphatic heterocycles. The third-order valence-electron chi connectivity index (χ3n) is 4.08. The number of benzene rings is 1. The molecule has 1 atom stereocenters. The molecule has 0 aliphatic carbocycles. The first kappa shape index (κ1) is 19.6. The highest BCUT2D eigenvalue weighted by Crippen LogP contribution is 2.35. The fraction of sp³-hybridized carbons (Fsp3) is 0.250. The second-order valence-electron chi connectivity index (χ2n) is 5.69. The summed E-state index contributed by atoms with van der Waals surface area (Å²) in [6.45, 7) is 2.45. The summed E-state index contributed by atoms with van der Waals surface area (Å²) in [4.78, 5) is 12.6. The summed E-state index contributed by atoms with van der Waals surface area (Å²) < 4.78 is 4.99. The van der Waals surface area contributed by atoms with Gasteiger partial charge in [-0.1, -0.05) is 29.0 Å².